The minimum atomic E-state index is -2.89. The molecule has 0 saturated carbocycles. The molecule has 0 amide bonds. The van der Waals surface area contributed by atoms with Gasteiger partial charge in [0.05, 0.1) is 18.4 Å². The molecule has 24 heavy (non-hydrogen) atoms. The Kier molecular flexibility index (Phi) is 5.24. The number of ether oxygens (including phenoxy) is 1. The Labute approximate surface area is 144 Å². The fourth-order valence-corrected chi connectivity index (χ4v) is 7.35. The highest BCUT2D eigenvalue weighted by molar-refractivity contribution is 7.79. The standard InChI is InChI=1S/C20H25O3P/c1-3-15(2)20(19-18(14-21)23-19)24(22,16-10-6-4-7-11-16)17-12-8-5-9-13-17/h4-13,15,18-21H,3,14H2,1-2H3/t15-,18+,19-,20+/m1/s1. The van der Waals surface area contributed by atoms with Gasteiger partial charge >= 0.3 is 0 Å². The molecule has 0 unspecified atom stereocenters. The number of aliphatic hydroxyl groups excluding tert-OH is 1. The van der Waals surface area contributed by atoms with E-state index in [-0.39, 0.29) is 30.4 Å². The molecule has 4 heteroatoms. The Morgan fingerprint density at radius 2 is 1.54 bits per heavy atom. The van der Waals surface area contributed by atoms with Crippen LogP contribution >= 0.6 is 7.14 Å². The molecule has 128 valence electrons. The molecule has 1 aliphatic heterocycles. The normalized spacial score (nSPS) is 22.8. The fourth-order valence-electron chi connectivity index (χ4n) is 3.53. The molecule has 0 spiro atoms. The Morgan fingerprint density at radius 1 is 1.04 bits per heavy atom. The predicted molar refractivity (Wildman–Crippen MR) is 98.7 cm³/mol. The maximum Gasteiger partial charge on any atom is 0.149 e. The summed E-state index contributed by atoms with van der Waals surface area (Å²) in [7, 11) is -2.89. The van der Waals surface area contributed by atoms with E-state index in [4.69, 9.17) is 4.74 Å². The number of aliphatic hydroxyl groups is 1. The lowest BCUT2D eigenvalue weighted by atomic mass is 10.0. The van der Waals surface area contributed by atoms with E-state index in [0.29, 0.717) is 0 Å². The summed E-state index contributed by atoms with van der Waals surface area (Å²) in [4.78, 5) is 0. The quantitative estimate of drug-likeness (QED) is 0.620. The molecule has 0 aliphatic carbocycles. The van der Waals surface area contributed by atoms with Crippen molar-refractivity contribution in [3.63, 3.8) is 0 Å². The van der Waals surface area contributed by atoms with Gasteiger partial charge in [-0.15, -0.1) is 0 Å². The van der Waals surface area contributed by atoms with E-state index in [1.807, 2.05) is 60.7 Å². The van der Waals surface area contributed by atoms with E-state index in [1.54, 1.807) is 0 Å². The zero-order valence-corrected chi connectivity index (χ0v) is 15.1. The van der Waals surface area contributed by atoms with Crippen molar-refractivity contribution in [2.75, 3.05) is 6.61 Å². The molecule has 1 saturated heterocycles. The van der Waals surface area contributed by atoms with Crippen molar-refractivity contribution in [3.05, 3.63) is 60.7 Å². The van der Waals surface area contributed by atoms with Crippen LogP contribution in [0, 0.1) is 5.92 Å². The molecule has 4 atom stereocenters. The van der Waals surface area contributed by atoms with Crippen LogP contribution < -0.4 is 10.6 Å². The predicted octanol–water partition coefficient (Wildman–Crippen LogP) is 3.17. The number of benzene rings is 2. The van der Waals surface area contributed by atoms with Gasteiger partial charge in [0.15, 0.2) is 0 Å². The second kappa shape index (κ2) is 7.23. The van der Waals surface area contributed by atoms with Crippen LogP contribution in [0.25, 0.3) is 0 Å². The Balaban J connectivity index is 2.14. The largest absolute Gasteiger partial charge is 0.394 e. The smallest absolute Gasteiger partial charge is 0.149 e. The number of rotatable bonds is 7. The van der Waals surface area contributed by atoms with Gasteiger partial charge in [0.1, 0.15) is 13.2 Å². The maximum absolute atomic E-state index is 14.5. The highest BCUT2D eigenvalue weighted by Crippen LogP contribution is 2.57. The van der Waals surface area contributed by atoms with E-state index < -0.39 is 7.14 Å². The molecule has 0 radical (unpaired) electrons. The number of epoxide rings is 1. The maximum atomic E-state index is 14.5. The van der Waals surface area contributed by atoms with Crippen molar-refractivity contribution in [1.29, 1.82) is 0 Å². The lowest BCUT2D eigenvalue weighted by Crippen LogP contribution is -2.35. The average Bonchev–Trinajstić information content (AvgIpc) is 3.42. The van der Waals surface area contributed by atoms with Crippen molar-refractivity contribution in [1.82, 2.24) is 0 Å². The van der Waals surface area contributed by atoms with Crippen molar-refractivity contribution in [3.8, 4) is 0 Å². The lowest BCUT2D eigenvalue weighted by molar-refractivity contribution is 0.241. The molecule has 3 rings (SSSR count). The van der Waals surface area contributed by atoms with Crippen LogP contribution in [0.2, 0.25) is 0 Å². The first-order valence-electron chi connectivity index (χ1n) is 8.60. The van der Waals surface area contributed by atoms with Crippen molar-refractivity contribution < 1.29 is 14.4 Å². The zero-order chi connectivity index (χ0) is 17.2. The highest BCUT2D eigenvalue weighted by atomic mass is 31.2. The summed E-state index contributed by atoms with van der Waals surface area (Å²) in [5.74, 6) is 0.234. The van der Waals surface area contributed by atoms with E-state index >= 15 is 0 Å². The number of hydrogen-bond acceptors (Lipinski definition) is 3. The minimum absolute atomic E-state index is 0.0127. The Morgan fingerprint density at radius 3 is 1.92 bits per heavy atom. The third-order valence-corrected chi connectivity index (χ3v) is 8.84. The molecule has 1 N–H and O–H groups in total. The van der Waals surface area contributed by atoms with Crippen LogP contribution in [-0.4, -0.2) is 29.6 Å². The summed E-state index contributed by atoms with van der Waals surface area (Å²) < 4.78 is 20.2. The van der Waals surface area contributed by atoms with Gasteiger partial charge in [-0.25, -0.2) is 0 Å². The summed E-state index contributed by atoms with van der Waals surface area (Å²) in [6.07, 6.45) is 0.590. The summed E-state index contributed by atoms with van der Waals surface area (Å²) in [6.45, 7) is 4.24. The first-order chi connectivity index (χ1) is 11.6. The van der Waals surface area contributed by atoms with E-state index in [2.05, 4.69) is 13.8 Å². The fraction of sp³-hybridized carbons (Fsp3) is 0.400. The third kappa shape index (κ3) is 3.09. The van der Waals surface area contributed by atoms with Gasteiger partial charge in [-0.1, -0.05) is 80.9 Å². The Hall–Kier alpha value is -1.41. The van der Waals surface area contributed by atoms with E-state index in [0.717, 1.165) is 17.0 Å². The van der Waals surface area contributed by atoms with Gasteiger partial charge in [-0.2, -0.15) is 0 Å². The lowest BCUT2D eigenvalue weighted by Gasteiger charge is -2.32. The van der Waals surface area contributed by atoms with Gasteiger partial charge in [-0.3, -0.25) is 0 Å². The Bertz CT molecular complexity index is 658. The second-order valence-electron chi connectivity index (χ2n) is 6.53. The first kappa shape index (κ1) is 17.4. The SMILES string of the molecule is CC[C@@H](C)[C@@H]([C@@H]1O[C@H]1CO)P(=O)(c1ccccc1)c1ccccc1. The molecule has 0 bridgehead atoms. The molecule has 1 fully saturated rings. The zero-order valence-electron chi connectivity index (χ0n) is 14.2. The molecular formula is C20H25O3P. The molecular weight excluding hydrogens is 319 g/mol. The summed E-state index contributed by atoms with van der Waals surface area (Å²) >= 11 is 0. The van der Waals surface area contributed by atoms with Crippen molar-refractivity contribution in [2.45, 2.75) is 38.1 Å². The van der Waals surface area contributed by atoms with Crippen LogP contribution in [0.3, 0.4) is 0 Å². The summed E-state index contributed by atoms with van der Waals surface area (Å²) in [5, 5.41) is 11.2. The van der Waals surface area contributed by atoms with Gasteiger partial charge in [0.2, 0.25) is 0 Å². The van der Waals surface area contributed by atoms with Crippen LogP contribution in [-0.2, 0) is 9.30 Å². The van der Waals surface area contributed by atoms with Crippen molar-refractivity contribution in [2.24, 2.45) is 5.92 Å². The molecule has 2 aromatic rings. The molecule has 2 aromatic carbocycles. The van der Waals surface area contributed by atoms with E-state index in [9.17, 15) is 9.67 Å². The summed E-state index contributed by atoms with van der Waals surface area (Å²) in [6, 6.07) is 19.5. The van der Waals surface area contributed by atoms with Gasteiger partial charge in [0, 0.05) is 10.6 Å². The van der Waals surface area contributed by atoms with Gasteiger partial charge < -0.3 is 14.4 Å². The van der Waals surface area contributed by atoms with Crippen LogP contribution in [0.15, 0.2) is 60.7 Å². The number of hydrogen-bond donors (Lipinski definition) is 1. The van der Waals surface area contributed by atoms with Crippen LogP contribution in [0.1, 0.15) is 20.3 Å². The van der Waals surface area contributed by atoms with Crippen molar-refractivity contribution >= 4 is 17.8 Å². The molecule has 1 aliphatic rings. The van der Waals surface area contributed by atoms with Gasteiger partial charge in [-0.05, 0) is 5.92 Å². The third-order valence-electron chi connectivity index (χ3n) is 5.06. The van der Waals surface area contributed by atoms with Gasteiger partial charge in [0.25, 0.3) is 0 Å². The molecule has 3 nitrogen and oxygen atoms in total. The second-order valence-corrected chi connectivity index (χ2v) is 9.47. The summed E-state index contributed by atoms with van der Waals surface area (Å²) in [5.41, 5.74) is -0.121. The topological polar surface area (TPSA) is 49.8 Å². The van der Waals surface area contributed by atoms with Crippen LogP contribution in [0.4, 0.5) is 0 Å². The minimum Gasteiger partial charge on any atom is -0.394 e. The molecule has 0 aromatic heterocycles. The van der Waals surface area contributed by atoms with E-state index in [1.165, 1.54) is 0 Å². The monoisotopic (exact) mass is 344 g/mol. The molecule has 1 heterocycles. The highest BCUT2D eigenvalue weighted by Gasteiger charge is 2.54. The average molecular weight is 344 g/mol. The first-order valence-corrected chi connectivity index (χ1v) is 10.4. The van der Waals surface area contributed by atoms with Crippen LogP contribution in [0.5, 0.6) is 0 Å².